The average molecular weight is 255 g/mol. The summed E-state index contributed by atoms with van der Waals surface area (Å²) in [6.07, 6.45) is 8.00. The van der Waals surface area contributed by atoms with Gasteiger partial charge in [0.2, 0.25) is 0 Å². The number of carbonyl (C=O) groups is 1. The van der Waals surface area contributed by atoms with E-state index in [2.05, 4.69) is 12.2 Å². The number of ether oxygens (including phenoxy) is 1. The smallest absolute Gasteiger partial charge is 0.320 e. The topological polar surface area (TPSA) is 38.3 Å². The molecular weight excluding hydrogens is 226 g/mol. The van der Waals surface area contributed by atoms with Gasteiger partial charge in [-0.15, -0.1) is 0 Å². The fourth-order valence-corrected chi connectivity index (χ4v) is 2.60. The van der Waals surface area contributed by atoms with E-state index in [4.69, 9.17) is 4.74 Å². The molecule has 1 fully saturated rings. The van der Waals surface area contributed by atoms with E-state index in [1.165, 1.54) is 38.5 Å². The van der Waals surface area contributed by atoms with Crippen molar-refractivity contribution in [2.45, 2.75) is 77.9 Å². The van der Waals surface area contributed by atoms with Gasteiger partial charge in [-0.1, -0.05) is 25.7 Å². The molecule has 3 heteroatoms. The van der Waals surface area contributed by atoms with E-state index < -0.39 is 0 Å². The molecule has 3 nitrogen and oxygen atoms in total. The van der Waals surface area contributed by atoms with Gasteiger partial charge in [-0.2, -0.15) is 0 Å². The average Bonchev–Trinajstić information content (AvgIpc) is 2.52. The van der Waals surface area contributed by atoms with Crippen LogP contribution in [0.1, 0.15) is 66.2 Å². The molecule has 1 N–H and O–H groups in total. The summed E-state index contributed by atoms with van der Waals surface area (Å²) in [6, 6.07) is 0.413. The van der Waals surface area contributed by atoms with Crippen molar-refractivity contribution in [2.24, 2.45) is 5.92 Å². The summed E-state index contributed by atoms with van der Waals surface area (Å²) in [4.78, 5) is 11.6. The second kappa shape index (κ2) is 7.13. The van der Waals surface area contributed by atoms with Gasteiger partial charge >= 0.3 is 5.97 Å². The lowest BCUT2D eigenvalue weighted by molar-refractivity contribution is -0.153. The van der Waals surface area contributed by atoms with Crippen molar-refractivity contribution in [3.05, 3.63) is 0 Å². The maximum atomic E-state index is 11.6. The second-order valence-corrected chi connectivity index (χ2v) is 6.51. The van der Waals surface area contributed by atoms with Gasteiger partial charge in [0.05, 0.1) is 6.54 Å². The van der Waals surface area contributed by atoms with Gasteiger partial charge in [-0.3, -0.25) is 4.79 Å². The zero-order chi connectivity index (χ0) is 13.6. The van der Waals surface area contributed by atoms with Crippen LogP contribution in [0.4, 0.5) is 0 Å². The highest BCUT2D eigenvalue weighted by atomic mass is 16.6. The Balaban J connectivity index is 2.27. The lowest BCUT2D eigenvalue weighted by Crippen LogP contribution is -2.39. The van der Waals surface area contributed by atoms with E-state index in [0.29, 0.717) is 12.6 Å². The highest BCUT2D eigenvalue weighted by molar-refractivity contribution is 5.72. The summed E-state index contributed by atoms with van der Waals surface area (Å²) in [5, 5.41) is 3.33. The van der Waals surface area contributed by atoms with Gasteiger partial charge in [-0.05, 0) is 46.5 Å². The Kier molecular flexibility index (Phi) is 6.13. The van der Waals surface area contributed by atoms with Crippen molar-refractivity contribution in [2.75, 3.05) is 6.54 Å². The number of hydrogen-bond donors (Lipinski definition) is 1. The van der Waals surface area contributed by atoms with Crippen LogP contribution in [-0.2, 0) is 9.53 Å². The summed E-state index contributed by atoms with van der Waals surface area (Å²) in [6.45, 7) is 8.23. The van der Waals surface area contributed by atoms with Crippen LogP contribution in [0.25, 0.3) is 0 Å². The molecule has 0 unspecified atom stereocenters. The first-order valence-corrected chi connectivity index (χ1v) is 7.34. The van der Waals surface area contributed by atoms with Crippen LogP contribution in [0.15, 0.2) is 0 Å². The molecule has 0 radical (unpaired) electrons. The zero-order valence-corrected chi connectivity index (χ0v) is 12.4. The molecular formula is C15H29NO2. The normalized spacial score (nSPS) is 20.2. The first kappa shape index (κ1) is 15.5. The maximum Gasteiger partial charge on any atom is 0.320 e. The Bertz CT molecular complexity index is 250. The number of rotatable bonds is 4. The standard InChI is InChI=1S/C15H29NO2/c1-12(13-9-7-5-6-8-10-13)16-11-14(17)18-15(2,3)4/h12-13,16H,5-11H2,1-4H3/t12-/m0/s1. The molecule has 0 aromatic carbocycles. The molecule has 1 aliphatic carbocycles. The lowest BCUT2D eigenvalue weighted by atomic mass is 9.93. The Morgan fingerprint density at radius 1 is 1.22 bits per heavy atom. The van der Waals surface area contributed by atoms with Crippen LogP contribution in [-0.4, -0.2) is 24.2 Å². The molecule has 18 heavy (non-hydrogen) atoms. The van der Waals surface area contributed by atoms with E-state index in [1.54, 1.807) is 0 Å². The Labute approximate surface area is 112 Å². The molecule has 0 saturated heterocycles. The van der Waals surface area contributed by atoms with Crippen molar-refractivity contribution in [1.29, 1.82) is 0 Å². The highest BCUT2D eigenvalue weighted by Gasteiger charge is 2.21. The first-order valence-electron chi connectivity index (χ1n) is 7.34. The number of hydrogen-bond acceptors (Lipinski definition) is 3. The quantitative estimate of drug-likeness (QED) is 0.619. The van der Waals surface area contributed by atoms with Crippen molar-refractivity contribution in [1.82, 2.24) is 5.32 Å². The fourth-order valence-electron chi connectivity index (χ4n) is 2.60. The van der Waals surface area contributed by atoms with Crippen LogP contribution < -0.4 is 5.32 Å². The molecule has 0 heterocycles. The molecule has 0 aromatic heterocycles. The maximum absolute atomic E-state index is 11.6. The minimum absolute atomic E-state index is 0.150. The molecule has 0 spiro atoms. The minimum Gasteiger partial charge on any atom is -0.459 e. The van der Waals surface area contributed by atoms with Gasteiger partial charge in [0, 0.05) is 6.04 Å². The SMILES string of the molecule is C[C@H](NCC(=O)OC(C)(C)C)C1CCCCCC1. The van der Waals surface area contributed by atoms with Crippen LogP contribution in [0.3, 0.4) is 0 Å². The second-order valence-electron chi connectivity index (χ2n) is 6.51. The van der Waals surface area contributed by atoms with Crippen molar-refractivity contribution in [3.63, 3.8) is 0 Å². The third kappa shape index (κ3) is 6.39. The molecule has 0 bridgehead atoms. The number of carbonyl (C=O) groups excluding carboxylic acids is 1. The third-order valence-electron chi connectivity index (χ3n) is 3.60. The Hall–Kier alpha value is -0.570. The molecule has 1 rings (SSSR count). The van der Waals surface area contributed by atoms with Gasteiger partial charge in [0.1, 0.15) is 5.60 Å². The van der Waals surface area contributed by atoms with E-state index in [1.807, 2.05) is 20.8 Å². The van der Waals surface area contributed by atoms with Gasteiger partial charge in [-0.25, -0.2) is 0 Å². The van der Waals surface area contributed by atoms with E-state index >= 15 is 0 Å². The predicted octanol–water partition coefficient (Wildman–Crippen LogP) is 3.28. The van der Waals surface area contributed by atoms with Crippen LogP contribution in [0.5, 0.6) is 0 Å². The largest absolute Gasteiger partial charge is 0.459 e. The van der Waals surface area contributed by atoms with Crippen LogP contribution >= 0.6 is 0 Å². The molecule has 1 aliphatic rings. The predicted molar refractivity (Wildman–Crippen MR) is 74.5 cm³/mol. The summed E-state index contributed by atoms with van der Waals surface area (Å²) in [7, 11) is 0. The van der Waals surface area contributed by atoms with Crippen molar-refractivity contribution in [3.8, 4) is 0 Å². The van der Waals surface area contributed by atoms with E-state index in [0.717, 1.165) is 5.92 Å². The summed E-state index contributed by atoms with van der Waals surface area (Å²) in [5.41, 5.74) is -0.385. The third-order valence-corrected chi connectivity index (χ3v) is 3.60. The van der Waals surface area contributed by atoms with Crippen molar-refractivity contribution >= 4 is 5.97 Å². The van der Waals surface area contributed by atoms with Gasteiger partial charge < -0.3 is 10.1 Å². The summed E-state index contributed by atoms with van der Waals surface area (Å²) in [5.74, 6) is 0.568. The number of nitrogens with one attached hydrogen (secondary N) is 1. The molecule has 106 valence electrons. The molecule has 0 aliphatic heterocycles. The Morgan fingerprint density at radius 3 is 2.28 bits per heavy atom. The highest BCUT2D eigenvalue weighted by Crippen LogP contribution is 2.25. The molecule has 0 aromatic rings. The minimum atomic E-state index is -0.385. The fraction of sp³-hybridized carbons (Fsp3) is 0.933. The summed E-state index contributed by atoms with van der Waals surface area (Å²) < 4.78 is 5.30. The number of esters is 1. The van der Waals surface area contributed by atoms with E-state index in [9.17, 15) is 4.79 Å². The van der Waals surface area contributed by atoms with Gasteiger partial charge in [0.15, 0.2) is 0 Å². The Morgan fingerprint density at radius 2 is 1.78 bits per heavy atom. The molecule has 1 saturated carbocycles. The van der Waals surface area contributed by atoms with Gasteiger partial charge in [0.25, 0.3) is 0 Å². The first-order chi connectivity index (χ1) is 8.38. The van der Waals surface area contributed by atoms with Crippen molar-refractivity contribution < 1.29 is 9.53 Å². The van der Waals surface area contributed by atoms with E-state index in [-0.39, 0.29) is 11.6 Å². The van der Waals surface area contributed by atoms with Crippen LogP contribution in [0.2, 0.25) is 0 Å². The molecule has 1 atom stereocenters. The monoisotopic (exact) mass is 255 g/mol. The lowest BCUT2D eigenvalue weighted by Gasteiger charge is -2.25. The molecule has 0 amide bonds. The zero-order valence-electron chi connectivity index (χ0n) is 12.4. The van der Waals surface area contributed by atoms with Crippen LogP contribution in [0, 0.1) is 5.92 Å². The summed E-state index contributed by atoms with van der Waals surface area (Å²) >= 11 is 0.